The Labute approximate surface area is 225 Å². The second-order valence-electron chi connectivity index (χ2n) is 9.71. The quantitative estimate of drug-likeness (QED) is 0.330. The van der Waals surface area contributed by atoms with Crippen LogP contribution in [0.25, 0.3) is 10.9 Å². The van der Waals surface area contributed by atoms with Crippen LogP contribution in [0.3, 0.4) is 0 Å². The Hall–Kier alpha value is -4.40. The molecule has 39 heavy (non-hydrogen) atoms. The van der Waals surface area contributed by atoms with Crippen LogP contribution in [0.4, 0.5) is 4.39 Å². The first-order valence-corrected chi connectivity index (χ1v) is 12.7. The number of carbonyl (C=O) groups is 1. The number of hydrogen-bond acceptors (Lipinski definition) is 5. The van der Waals surface area contributed by atoms with Gasteiger partial charge in [-0.1, -0.05) is 44.2 Å². The van der Waals surface area contributed by atoms with E-state index in [1.807, 2.05) is 0 Å². The van der Waals surface area contributed by atoms with Gasteiger partial charge in [0.2, 0.25) is 0 Å². The van der Waals surface area contributed by atoms with E-state index in [0.717, 1.165) is 11.0 Å². The minimum atomic E-state index is -0.599. The van der Waals surface area contributed by atoms with Gasteiger partial charge in [0, 0.05) is 23.7 Å². The summed E-state index contributed by atoms with van der Waals surface area (Å²) in [6, 6.07) is 16.0. The zero-order valence-electron chi connectivity index (χ0n) is 22.5. The van der Waals surface area contributed by atoms with Gasteiger partial charge in [0.15, 0.2) is 11.5 Å². The number of methoxy groups -OCH3 is 2. The number of amides is 1. The summed E-state index contributed by atoms with van der Waals surface area (Å²) >= 11 is 0. The lowest BCUT2D eigenvalue weighted by Gasteiger charge is -2.17. The first-order chi connectivity index (χ1) is 18.7. The average molecular weight is 534 g/mol. The molecule has 1 heterocycles. The first-order valence-electron chi connectivity index (χ1n) is 12.7. The number of ether oxygens (including phenoxy) is 2. The van der Waals surface area contributed by atoms with E-state index in [0.29, 0.717) is 46.2 Å². The minimum absolute atomic E-state index is 0.0333. The highest BCUT2D eigenvalue weighted by atomic mass is 19.1. The Bertz CT molecular complexity index is 1610. The predicted octanol–water partition coefficient (Wildman–Crippen LogP) is 4.19. The Morgan fingerprint density at radius 2 is 1.59 bits per heavy atom. The van der Waals surface area contributed by atoms with Crippen molar-refractivity contribution in [1.82, 2.24) is 14.5 Å². The maximum atomic E-state index is 14.6. The van der Waals surface area contributed by atoms with Gasteiger partial charge in [-0.15, -0.1) is 0 Å². The molecule has 3 aromatic carbocycles. The second-order valence-corrected chi connectivity index (χ2v) is 9.71. The van der Waals surface area contributed by atoms with E-state index in [1.165, 1.54) is 30.9 Å². The molecular weight excluding hydrogens is 501 g/mol. The molecule has 9 heteroatoms. The maximum absolute atomic E-state index is 14.6. The lowest BCUT2D eigenvalue weighted by molar-refractivity contribution is 0.0952. The molecule has 0 aliphatic heterocycles. The summed E-state index contributed by atoms with van der Waals surface area (Å²) in [4.78, 5) is 39.7. The van der Waals surface area contributed by atoms with Gasteiger partial charge in [0.1, 0.15) is 5.82 Å². The highest BCUT2D eigenvalue weighted by Crippen LogP contribution is 2.30. The lowest BCUT2D eigenvalue weighted by Crippen LogP contribution is -2.40. The van der Waals surface area contributed by atoms with Crippen molar-refractivity contribution in [3.63, 3.8) is 0 Å². The highest BCUT2D eigenvalue weighted by molar-refractivity contribution is 5.94. The summed E-state index contributed by atoms with van der Waals surface area (Å²) in [5.41, 5.74) is 0.631. The summed E-state index contributed by atoms with van der Waals surface area (Å²) < 4.78 is 27.8. The number of hydrogen-bond donors (Lipinski definition) is 1. The molecule has 0 atom stereocenters. The fourth-order valence-electron chi connectivity index (χ4n) is 4.35. The van der Waals surface area contributed by atoms with Gasteiger partial charge in [-0.2, -0.15) is 0 Å². The fourth-order valence-corrected chi connectivity index (χ4v) is 4.35. The molecule has 204 valence electrons. The molecule has 0 fully saturated rings. The van der Waals surface area contributed by atoms with Crippen LogP contribution in [-0.2, 0) is 13.1 Å². The molecule has 1 N–H and O–H groups in total. The van der Waals surface area contributed by atoms with Crippen LogP contribution >= 0.6 is 0 Å². The average Bonchev–Trinajstić information content (AvgIpc) is 2.93. The van der Waals surface area contributed by atoms with Crippen LogP contribution in [0.2, 0.25) is 0 Å². The Kier molecular flexibility index (Phi) is 8.49. The molecule has 0 unspecified atom stereocenters. The van der Waals surface area contributed by atoms with Crippen molar-refractivity contribution in [2.75, 3.05) is 20.8 Å². The van der Waals surface area contributed by atoms with E-state index in [-0.39, 0.29) is 24.4 Å². The molecule has 0 bridgehead atoms. The van der Waals surface area contributed by atoms with Gasteiger partial charge in [-0.05, 0) is 42.2 Å². The molecule has 0 saturated carbocycles. The van der Waals surface area contributed by atoms with Gasteiger partial charge in [-0.3, -0.25) is 18.7 Å². The van der Waals surface area contributed by atoms with Crippen molar-refractivity contribution < 1.29 is 18.7 Å². The molecule has 8 nitrogen and oxygen atoms in total. The van der Waals surface area contributed by atoms with Crippen LogP contribution in [0.1, 0.15) is 41.8 Å². The molecule has 0 saturated heterocycles. The Morgan fingerprint density at radius 3 is 2.23 bits per heavy atom. The molecule has 0 radical (unpaired) electrons. The maximum Gasteiger partial charge on any atom is 0.332 e. The van der Waals surface area contributed by atoms with E-state index in [9.17, 15) is 18.8 Å². The van der Waals surface area contributed by atoms with Crippen molar-refractivity contribution in [3.05, 3.63) is 104 Å². The molecular formula is C30H32FN3O5. The van der Waals surface area contributed by atoms with E-state index in [1.54, 1.807) is 48.5 Å². The van der Waals surface area contributed by atoms with Crippen molar-refractivity contribution >= 4 is 16.8 Å². The third-order valence-electron chi connectivity index (χ3n) is 6.58. The van der Waals surface area contributed by atoms with Gasteiger partial charge in [-0.25, -0.2) is 9.18 Å². The van der Waals surface area contributed by atoms with E-state index in [2.05, 4.69) is 19.2 Å². The number of fused-ring (bicyclic) bond motifs is 1. The van der Waals surface area contributed by atoms with Crippen molar-refractivity contribution in [2.24, 2.45) is 5.92 Å². The summed E-state index contributed by atoms with van der Waals surface area (Å²) in [7, 11) is 2.91. The van der Waals surface area contributed by atoms with Crippen LogP contribution in [0.15, 0.2) is 70.3 Å². The largest absolute Gasteiger partial charge is 0.493 e. The zero-order valence-corrected chi connectivity index (χ0v) is 22.5. The lowest BCUT2D eigenvalue weighted by atomic mass is 10.1. The molecule has 0 aliphatic carbocycles. The Balaban J connectivity index is 1.76. The summed E-state index contributed by atoms with van der Waals surface area (Å²) in [5.74, 6) is 0.511. The monoisotopic (exact) mass is 533 g/mol. The molecule has 0 spiro atoms. The minimum Gasteiger partial charge on any atom is -0.493 e. The van der Waals surface area contributed by atoms with Gasteiger partial charge in [0.25, 0.3) is 11.5 Å². The summed E-state index contributed by atoms with van der Waals surface area (Å²) in [5, 5.41) is 3.12. The second kappa shape index (κ2) is 12.0. The highest BCUT2D eigenvalue weighted by Gasteiger charge is 2.18. The van der Waals surface area contributed by atoms with E-state index >= 15 is 0 Å². The zero-order chi connectivity index (χ0) is 28.1. The van der Waals surface area contributed by atoms with Crippen LogP contribution in [0, 0.1) is 11.7 Å². The van der Waals surface area contributed by atoms with Gasteiger partial charge in [0.05, 0.1) is 38.2 Å². The number of halogens is 1. The van der Waals surface area contributed by atoms with Crippen LogP contribution in [0.5, 0.6) is 11.5 Å². The smallest absolute Gasteiger partial charge is 0.332 e. The number of nitrogens with zero attached hydrogens (tertiary/aromatic N) is 2. The third-order valence-corrected chi connectivity index (χ3v) is 6.58. The molecule has 1 amide bonds. The molecule has 4 rings (SSSR count). The number of rotatable bonds is 10. The van der Waals surface area contributed by atoms with Crippen molar-refractivity contribution in [3.8, 4) is 11.5 Å². The van der Waals surface area contributed by atoms with Crippen molar-refractivity contribution in [2.45, 2.75) is 33.4 Å². The van der Waals surface area contributed by atoms with E-state index < -0.39 is 17.1 Å². The normalized spacial score (nSPS) is 11.1. The SMILES string of the molecule is COc1cc2c(=O)n(Cc3ccc(C(=O)NCCC(C)C)cc3)c(=O)n(Cc3ccccc3F)c2cc1OC. The third kappa shape index (κ3) is 6.03. The van der Waals surface area contributed by atoms with Gasteiger partial charge >= 0.3 is 5.69 Å². The predicted molar refractivity (Wildman–Crippen MR) is 148 cm³/mol. The number of aromatic nitrogens is 2. The van der Waals surface area contributed by atoms with Crippen LogP contribution in [-0.4, -0.2) is 35.8 Å². The van der Waals surface area contributed by atoms with E-state index in [4.69, 9.17) is 9.47 Å². The Morgan fingerprint density at radius 1 is 0.923 bits per heavy atom. The topological polar surface area (TPSA) is 91.6 Å². The standard InChI is InChI=1S/C30H32FN3O5/c1-19(2)13-14-32-28(35)21-11-9-20(10-12-21)17-34-29(36)23-15-26(38-3)27(39-4)16-25(23)33(30(34)37)18-22-7-5-6-8-24(22)31/h5-12,15-16,19H,13-14,17-18H2,1-4H3,(H,32,35). The fraction of sp³-hybridized carbons (Fsp3) is 0.300. The van der Waals surface area contributed by atoms with Crippen molar-refractivity contribution in [1.29, 1.82) is 0 Å². The molecule has 4 aromatic rings. The number of carbonyl (C=O) groups excluding carboxylic acids is 1. The number of benzene rings is 3. The summed E-state index contributed by atoms with van der Waals surface area (Å²) in [6.07, 6.45) is 0.879. The van der Waals surface area contributed by atoms with Crippen LogP contribution < -0.4 is 26.0 Å². The summed E-state index contributed by atoms with van der Waals surface area (Å²) in [6.45, 7) is 4.64. The molecule has 0 aliphatic rings. The van der Waals surface area contributed by atoms with Gasteiger partial charge < -0.3 is 14.8 Å². The first kappa shape index (κ1) is 27.6. The molecule has 1 aromatic heterocycles. The number of nitrogens with one attached hydrogen (secondary N) is 1.